The highest BCUT2D eigenvalue weighted by molar-refractivity contribution is 5.18. The predicted molar refractivity (Wildman–Crippen MR) is 51.7 cm³/mol. The second kappa shape index (κ2) is 5.67. The SMILES string of the molecule is NCCCNCc1cccc(F)c1F. The lowest BCUT2D eigenvalue weighted by atomic mass is 10.2. The molecule has 14 heavy (non-hydrogen) atoms. The molecule has 0 amide bonds. The summed E-state index contributed by atoms with van der Waals surface area (Å²) in [7, 11) is 0. The Morgan fingerprint density at radius 1 is 1.29 bits per heavy atom. The molecular weight excluding hydrogens is 186 g/mol. The van der Waals surface area contributed by atoms with Gasteiger partial charge in [-0.25, -0.2) is 8.78 Å². The van der Waals surface area contributed by atoms with Gasteiger partial charge in [-0.1, -0.05) is 12.1 Å². The minimum Gasteiger partial charge on any atom is -0.330 e. The van der Waals surface area contributed by atoms with Crippen molar-refractivity contribution in [3.63, 3.8) is 0 Å². The van der Waals surface area contributed by atoms with Gasteiger partial charge in [-0.2, -0.15) is 0 Å². The Bertz CT molecular complexity index is 289. The van der Waals surface area contributed by atoms with E-state index in [9.17, 15) is 8.78 Å². The molecule has 0 aliphatic carbocycles. The Balaban J connectivity index is 2.46. The predicted octanol–water partition coefficient (Wildman–Crippen LogP) is 1.40. The third-order valence-corrected chi connectivity index (χ3v) is 1.90. The molecule has 1 aromatic rings. The van der Waals surface area contributed by atoms with E-state index < -0.39 is 11.6 Å². The van der Waals surface area contributed by atoms with Crippen LogP contribution in [0.2, 0.25) is 0 Å². The van der Waals surface area contributed by atoms with Crippen LogP contribution in [-0.2, 0) is 6.54 Å². The molecule has 0 aliphatic heterocycles. The second-order valence-corrected chi connectivity index (χ2v) is 3.03. The molecule has 0 radical (unpaired) electrons. The number of rotatable bonds is 5. The van der Waals surface area contributed by atoms with Gasteiger partial charge < -0.3 is 11.1 Å². The van der Waals surface area contributed by atoms with Crippen molar-refractivity contribution < 1.29 is 8.78 Å². The maximum Gasteiger partial charge on any atom is 0.163 e. The average molecular weight is 200 g/mol. The van der Waals surface area contributed by atoms with Gasteiger partial charge in [0.25, 0.3) is 0 Å². The first-order valence-electron chi connectivity index (χ1n) is 4.59. The van der Waals surface area contributed by atoms with Crippen LogP contribution in [0.3, 0.4) is 0 Å². The van der Waals surface area contributed by atoms with Gasteiger partial charge in [-0.05, 0) is 25.6 Å². The van der Waals surface area contributed by atoms with Crippen molar-refractivity contribution in [1.82, 2.24) is 5.32 Å². The lowest BCUT2D eigenvalue weighted by Gasteiger charge is -2.05. The van der Waals surface area contributed by atoms with E-state index in [0.29, 0.717) is 25.2 Å². The fourth-order valence-electron chi connectivity index (χ4n) is 1.14. The molecule has 0 spiro atoms. The summed E-state index contributed by atoms with van der Waals surface area (Å²) in [4.78, 5) is 0. The van der Waals surface area contributed by atoms with Crippen molar-refractivity contribution >= 4 is 0 Å². The van der Waals surface area contributed by atoms with Crippen molar-refractivity contribution in [1.29, 1.82) is 0 Å². The highest BCUT2D eigenvalue weighted by Gasteiger charge is 2.05. The van der Waals surface area contributed by atoms with E-state index in [4.69, 9.17) is 5.73 Å². The number of hydrogen-bond donors (Lipinski definition) is 2. The van der Waals surface area contributed by atoms with Gasteiger partial charge in [-0.15, -0.1) is 0 Å². The van der Waals surface area contributed by atoms with E-state index in [1.165, 1.54) is 6.07 Å². The van der Waals surface area contributed by atoms with Crippen LogP contribution in [0.5, 0.6) is 0 Å². The summed E-state index contributed by atoms with van der Waals surface area (Å²) in [6.45, 7) is 1.65. The number of nitrogens with one attached hydrogen (secondary N) is 1. The number of halogens is 2. The van der Waals surface area contributed by atoms with Crippen molar-refractivity contribution in [2.75, 3.05) is 13.1 Å². The molecule has 0 unspecified atom stereocenters. The maximum atomic E-state index is 13.1. The molecule has 0 saturated heterocycles. The van der Waals surface area contributed by atoms with Crippen LogP contribution in [0.25, 0.3) is 0 Å². The monoisotopic (exact) mass is 200 g/mol. The lowest BCUT2D eigenvalue weighted by Crippen LogP contribution is -2.18. The molecule has 2 nitrogen and oxygen atoms in total. The molecule has 4 heteroatoms. The van der Waals surface area contributed by atoms with E-state index >= 15 is 0 Å². The van der Waals surface area contributed by atoms with Gasteiger partial charge in [0.1, 0.15) is 0 Å². The molecule has 78 valence electrons. The summed E-state index contributed by atoms with van der Waals surface area (Å²) in [5.41, 5.74) is 5.64. The summed E-state index contributed by atoms with van der Waals surface area (Å²) < 4.78 is 25.8. The fraction of sp³-hybridized carbons (Fsp3) is 0.400. The smallest absolute Gasteiger partial charge is 0.163 e. The summed E-state index contributed by atoms with van der Waals surface area (Å²) in [6, 6.07) is 4.17. The van der Waals surface area contributed by atoms with Crippen molar-refractivity contribution in [2.45, 2.75) is 13.0 Å². The number of benzene rings is 1. The van der Waals surface area contributed by atoms with E-state index in [0.717, 1.165) is 12.5 Å². The minimum absolute atomic E-state index is 0.337. The van der Waals surface area contributed by atoms with E-state index in [-0.39, 0.29) is 0 Å². The topological polar surface area (TPSA) is 38.0 Å². The van der Waals surface area contributed by atoms with Crippen molar-refractivity contribution in [3.05, 3.63) is 35.4 Å². The first-order chi connectivity index (χ1) is 6.75. The second-order valence-electron chi connectivity index (χ2n) is 3.03. The third-order valence-electron chi connectivity index (χ3n) is 1.90. The standard InChI is InChI=1S/C10H14F2N2/c11-9-4-1-3-8(10(9)12)7-14-6-2-5-13/h1,3-4,14H,2,5-7,13H2. The number of nitrogens with two attached hydrogens (primary N) is 1. The van der Waals surface area contributed by atoms with Crippen LogP contribution in [0.15, 0.2) is 18.2 Å². The molecule has 0 atom stereocenters. The molecule has 0 heterocycles. The normalized spacial score (nSPS) is 10.5. The summed E-state index contributed by atoms with van der Waals surface area (Å²) >= 11 is 0. The van der Waals surface area contributed by atoms with Gasteiger partial charge in [0.2, 0.25) is 0 Å². The van der Waals surface area contributed by atoms with Gasteiger partial charge in [0, 0.05) is 12.1 Å². The van der Waals surface area contributed by atoms with Gasteiger partial charge in [-0.3, -0.25) is 0 Å². The van der Waals surface area contributed by atoms with Gasteiger partial charge in [0.15, 0.2) is 11.6 Å². The molecule has 0 aliphatic rings. The highest BCUT2D eigenvalue weighted by atomic mass is 19.2. The van der Waals surface area contributed by atoms with Crippen LogP contribution < -0.4 is 11.1 Å². The Morgan fingerprint density at radius 3 is 2.79 bits per heavy atom. The van der Waals surface area contributed by atoms with Crippen LogP contribution in [0.1, 0.15) is 12.0 Å². The summed E-state index contributed by atoms with van der Waals surface area (Å²) in [5, 5.41) is 2.98. The van der Waals surface area contributed by atoms with Gasteiger partial charge in [0.05, 0.1) is 0 Å². The van der Waals surface area contributed by atoms with Crippen molar-refractivity contribution in [3.8, 4) is 0 Å². The number of hydrogen-bond acceptors (Lipinski definition) is 2. The molecule has 1 rings (SSSR count). The zero-order valence-corrected chi connectivity index (χ0v) is 7.89. The highest BCUT2D eigenvalue weighted by Crippen LogP contribution is 2.10. The van der Waals surface area contributed by atoms with E-state index in [1.54, 1.807) is 6.07 Å². The van der Waals surface area contributed by atoms with Gasteiger partial charge >= 0.3 is 0 Å². The van der Waals surface area contributed by atoms with Crippen LogP contribution in [-0.4, -0.2) is 13.1 Å². The van der Waals surface area contributed by atoms with Crippen molar-refractivity contribution in [2.24, 2.45) is 5.73 Å². The Kier molecular flexibility index (Phi) is 4.49. The Hall–Kier alpha value is -1.00. The average Bonchev–Trinajstić information content (AvgIpc) is 2.19. The van der Waals surface area contributed by atoms with E-state index in [2.05, 4.69) is 5.32 Å². The largest absolute Gasteiger partial charge is 0.330 e. The van der Waals surface area contributed by atoms with E-state index in [1.807, 2.05) is 0 Å². The quantitative estimate of drug-likeness (QED) is 0.705. The molecule has 0 fully saturated rings. The zero-order chi connectivity index (χ0) is 10.4. The maximum absolute atomic E-state index is 13.1. The molecule has 0 saturated carbocycles. The molecule has 3 N–H and O–H groups in total. The Morgan fingerprint density at radius 2 is 2.07 bits per heavy atom. The van der Waals surface area contributed by atoms with Crippen LogP contribution in [0, 0.1) is 11.6 Å². The Labute approximate surface area is 82.1 Å². The summed E-state index contributed by atoms with van der Waals surface area (Å²) in [6.07, 6.45) is 0.830. The first-order valence-corrected chi connectivity index (χ1v) is 4.59. The molecule has 1 aromatic carbocycles. The first kappa shape index (κ1) is 11.1. The van der Waals surface area contributed by atoms with Crippen LogP contribution >= 0.6 is 0 Å². The lowest BCUT2D eigenvalue weighted by molar-refractivity contribution is 0.492. The molecular formula is C10H14F2N2. The van der Waals surface area contributed by atoms with Crippen LogP contribution in [0.4, 0.5) is 8.78 Å². The zero-order valence-electron chi connectivity index (χ0n) is 7.89. The fourth-order valence-corrected chi connectivity index (χ4v) is 1.14. The summed E-state index contributed by atoms with van der Waals surface area (Å²) in [5.74, 6) is -1.57. The molecule has 0 aromatic heterocycles. The minimum atomic E-state index is -0.803. The molecule has 0 bridgehead atoms. The third kappa shape index (κ3) is 3.05.